The van der Waals surface area contributed by atoms with Crippen LogP contribution in [-0.2, 0) is 14.3 Å². The van der Waals surface area contributed by atoms with E-state index in [0.717, 1.165) is 35.1 Å². The summed E-state index contributed by atoms with van der Waals surface area (Å²) in [4.78, 5) is 38.6. The van der Waals surface area contributed by atoms with Gasteiger partial charge in [0.1, 0.15) is 18.7 Å². The van der Waals surface area contributed by atoms with Gasteiger partial charge < -0.3 is 20.1 Å². The van der Waals surface area contributed by atoms with Crippen molar-refractivity contribution in [2.75, 3.05) is 13.2 Å². The van der Waals surface area contributed by atoms with E-state index < -0.39 is 24.1 Å². The lowest BCUT2D eigenvalue weighted by atomic mass is 9.98. The highest BCUT2D eigenvalue weighted by molar-refractivity contribution is 5.90. The highest BCUT2D eigenvalue weighted by Crippen LogP contribution is 2.44. The molecule has 5 rings (SSSR count). The van der Waals surface area contributed by atoms with E-state index in [1.165, 1.54) is 4.90 Å². The average molecular weight is 434 g/mol. The summed E-state index contributed by atoms with van der Waals surface area (Å²) in [6.45, 7) is 0.582. The maximum atomic E-state index is 13.1. The molecule has 2 N–H and O–H groups in total. The van der Waals surface area contributed by atoms with Gasteiger partial charge in [-0.3, -0.25) is 4.79 Å². The molecule has 2 fully saturated rings. The third kappa shape index (κ3) is 3.72. The summed E-state index contributed by atoms with van der Waals surface area (Å²) in [5.41, 5.74) is 4.55. The molecular formula is C25H26N2O5. The second-order valence-corrected chi connectivity index (χ2v) is 8.81. The van der Waals surface area contributed by atoms with E-state index in [1.807, 2.05) is 24.3 Å². The summed E-state index contributed by atoms with van der Waals surface area (Å²) in [5.74, 6) is -1.33. The Labute approximate surface area is 186 Å². The van der Waals surface area contributed by atoms with Crippen molar-refractivity contribution in [2.24, 2.45) is 5.92 Å². The van der Waals surface area contributed by atoms with Crippen molar-refractivity contribution in [1.29, 1.82) is 0 Å². The number of carbonyl (C=O) groups excluding carboxylic acids is 2. The minimum absolute atomic E-state index is 0.0398. The Kier molecular flexibility index (Phi) is 5.33. The number of benzene rings is 2. The molecule has 32 heavy (non-hydrogen) atoms. The monoisotopic (exact) mass is 434 g/mol. The molecular weight excluding hydrogens is 408 g/mol. The van der Waals surface area contributed by atoms with Crippen molar-refractivity contribution in [3.63, 3.8) is 0 Å². The van der Waals surface area contributed by atoms with Gasteiger partial charge in [0.2, 0.25) is 5.91 Å². The van der Waals surface area contributed by atoms with Gasteiger partial charge in [0.05, 0.1) is 0 Å². The summed E-state index contributed by atoms with van der Waals surface area (Å²) >= 11 is 0. The van der Waals surface area contributed by atoms with Crippen LogP contribution < -0.4 is 5.32 Å². The molecule has 1 heterocycles. The van der Waals surface area contributed by atoms with Gasteiger partial charge in [0.25, 0.3) is 0 Å². The molecule has 3 aliphatic rings. The number of amides is 2. The number of carboxylic acids is 1. The maximum Gasteiger partial charge on any atom is 0.407 e. The molecule has 7 nitrogen and oxygen atoms in total. The molecule has 1 aliphatic heterocycles. The fraction of sp³-hybridized carbons (Fsp3) is 0.400. The van der Waals surface area contributed by atoms with E-state index in [0.29, 0.717) is 19.4 Å². The highest BCUT2D eigenvalue weighted by atomic mass is 16.5. The number of carboxylic acid groups (broad SMARTS) is 1. The molecule has 7 heteroatoms. The number of hydrogen-bond acceptors (Lipinski definition) is 4. The molecule has 1 saturated heterocycles. The van der Waals surface area contributed by atoms with Crippen LogP contribution in [0.25, 0.3) is 11.1 Å². The van der Waals surface area contributed by atoms with Gasteiger partial charge in [-0.15, -0.1) is 0 Å². The van der Waals surface area contributed by atoms with E-state index >= 15 is 0 Å². The minimum atomic E-state index is -0.994. The Morgan fingerprint density at radius 2 is 1.62 bits per heavy atom. The summed E-state index contributed by atoms with van der Waals surface area (Å²) in [5, 5.41) is 12.2. The number of likely N-dealkylation sites (tertiary alicyclic amines) is 1. The van der Waals surface area contributed by atoms with E-state index in [-0.39, 0.29) is 24.3 Å². The predicted molar refractivity (Wildman–Crippen MR) is 117 cm³/mol. The van der Waals surface area contributed by atoms with Crippen LogP contribution in [0.15, 0.2) is 48.5 Å². The van der Waals surface area contributed by atoms with Crippen LogP contribution in [0.1, 0.15) is 42.7 Å². The van der Waals surface area contributed by atoms with Gasteiger partial charge in [0.15, 0.2) is 0 Å². The molecule has 1 unspecified atom stereocenters. The lowest BCUT2D eigenvalue weighted by Crippen LogP contribution is -2.52. The lowest BCUT2D eigenvalue weighted by molar-refractivity contribution is -0.149. The van der Waals surface area contributed by atoms with Crippen LogP contribution in [0.5, 0.6) is 0 Å². The molecule has 0 radical (unpaired) electrons. The van der Waals surface area contributed by atoms with Crippen molar-refractivity contribution in [3.8, 4) is 11.1 Å². The number of fused-ring (bicyclic) bond motifs is 3. The summed E-state index contributed by atoms with van der Waals surface area (Å²) < 4.78 is 5.60. The number of ether oxygens (including phenoxy) is 1. The number of nitrogens with one attached hydrogen (secondary N) is 1. The number of hydrogen-bond donors (Lipinski definition) is 2. The zero-order valence-corrected chi connectivity index (χ0v) is 17.7. The summed E-state index contributed by atoms with van der Waals surface area (Å²) in [7, 11) is 0. The van der Waals surface area contributed by atoms with Gasteiger partial charge >= 0.3 is 12.1 Å². The normalized spacial score (nSPS) is 20.4. The van der Waals surface area contributed by atoms with Gasteiger partial charge in [-0.1, -0.05) is 48.5 Å². The smallest absolute Gasteiger partial charge is 0.407 e. The largest absolute Gasteiger partial charge is 0.480 e. The van der Waals surface area contributed by atoms with E-state index in [1.54, 1.807) is 0 Å². The quantitative estimate of drug-likeness (QED) is 0.727. The zero-order chi connectivity index (χ0) is 22.2. The fourth-order valence-corrected chi connectivity index (χ4v) is 5.04. The Morgan fingerprint density at radius 1 is 1.00 bits per heavy atom. The average Bonchev–Trinajstić information content (AvgIpc) is 3.42. The summed E-state index contributed by atoms with van der Waals surface area (Å²) in [6, 6.07) is 14.7. The van der Waals surface area contributed by atoms with Gasteiger partial charge in [-0.25, -0.2) is 9.59 Å². The third-order valence-electron chi connectivity index (χ3n) is 6.80. The molecule has 0 bridgehead atoms. The molecule has 2 aromatic rings. The molecule has 2 aliphatic carbocycles. The fourth-order valence-electron chi connectivity index (χ4n) is 5.04. The maximum absolute atomic E-state index is 13.1. The van der Waals surface area contributed by atoms with E-state index in [2.05, 4.69) is 29.6 Å². The predicted octanol–water partition coefficient (Wildman–Crippen LogP) is 3.38. The van der Waals surface area contributed by atoms with Crippen molar-refractivity contribution in [3.05, 3.63) is 59.7 Å². The molecule has 0 spiro atoms. The molecule has 0 aromatic heterocycles. The second-order valence-electron chi connectivity index (χ2n) is 8.81. The first kappa shape index (κ1) is 20.5. The number of rotatable bonds is 6. The first-order chi connectivity index (χ1) is 15.5. The van der Waals surface area contributed by atoms with Crippen LogP contribution in [0.3, 0.4) is 0 Å². The van der Waals surface area contributed by atoms with Gasteiger partial charge in [-0.2, -0.15) is 0 Å². The number of aliphatic carboxylic acids is 1. The Bertz CT molecular complexity index is 1020. The number of nitrogens with zero attached hydrogens (tertiary/aromatic N) is 1. The first-order valence-electron chi connectivity index (χ1n) is 11.2. The van der Waals surface area contributed by atoms with Crippen LogP contribution in [0, 0.1) is 5.92 Å². The Balaban J connectivity index is 1.26. The molecule has 166 valence electrons. The third-order valence-corrected chi connectivity index (χ3v) is 6.80. The lowest BCUT2D eigenvalue weighted by Gasteiger charge is -2.27. The molecule has 2 aromatic carbocycles. The minimum Gasteiger partial charge on any atom is -0.480 e. The topological polar surface area (TPSA) is 95.9 Å². The van der Waals surface area contributed by atoms with Crippen molar-refractivity contribution in [1.82, 2.24) is 10.2 Å². The van der Waals surface area contributed by atoms with Crippen molar-refractivity contribution in [2.45, 2.75) is 43.7 Å². The van der Waals surface area contributed by atoms with Gasteiger partial charge in [-0.05, 0) is 53.9 Å². The molecule has 2 amide bonds. The second kappa shape index (κ2) is 8.30. The zero-order valence-electron chi connectivity index (χ0n) is 17.7. The number of alkyl carbamates (subject to hydrolysis) is 1. The summed E-state index contributed by atoms with van der Waals surface area (Å²) in [6.07, 6.45) is 2.15. The van der Waals surface area contributed by atoms with Crippen LogP contribution >= 0.6 is 0 Å². The first-order valence-corrected chi connectivity index (χ1v) is 11.2. The Hall–Kier alpha value is -3.35. The van der Waals surface area contributed by atoms with Crippen LogP contribution in [0.4, 0.5) is 4.79 Å². The number of carbonyl (C=O) groups is 3. The van der Waals surface area contributed by atoms with Crippen molar-refractivity contribution < 1.29 is 24.2 Å². The van der Waals surface area contributed by atoms with Crippen LogP contribution in [0.2, 0.25) is 0 Å². The highest BCUT2D eigenvalue weighted by Gasteiger charge is 2.44. The van der Waals surface area contributed by atoms with Crippen LogP contribution in [-0.4, -0.2) is 53.2 Å². The Morgan fingerprint density at radius 3 is 2.22 bits per heavy atom. The van der Waals surface area contributed by atoms with E-state index in [9.17, 15) is 19.5 Å². The van der Waals surface area contributed by atoms with Gasteiger partial charge in [0, 0.05) is 12.5 Å². The SMILES string of the molecule is O=C(NC(C(=O)N1CCC[C@H]1C(=O)O)C1CC1)OCC1c2ccccc2-c2ccccc21. The standard InChI is InChI=1S/C25H26N2O5/c28-23(27-13-5-10-21(27)24(29)30)22(15-11-12-15)26-25(31)32-14-20-18-8-3-1-6-16(18)17-7-2-4-9-19(17)20/h1-4,6-9,15,20-22H,5,10-14H2,(H,26,31)(H,29,30)/t21-,22?/m0/s1. The van der Waals surface area contributed by atoms with Crippen molar-refractivity contribution >= 4 is 18.0 Å². The molecule has 1 saturated carbocycles. The van der Waals surface area contributed by atoms with E-state index in [4.69, 9.17) is 4.74 Å². The molecule has 2 atom stereocenters.